The van der Waals surface area contributed by atoms with Gasteiger partial charge in [0.25, 0.3) is 8.32 Å². The number of hydrogen-bond donors (Lipinski definition) is 0. The highest BCUT2D eigenvalue weighted by Crippen LogP contribution is 2.37. The van der Waals surface area contributed by atoms with Crippen molar-refractivity contribution in [1.82, 2.24) is 0 Å². The number of carbonyl (C=O) groups excluding carboxylic acids is 1. The Morgan fingerprint density at radius 1 is 0.895 bits per heavy atom. The summed E-state index contributed by atoms with van der Waals surface area (Å²) in [6.45, 7) is 9.19. The van der Waals surface area contributed by atoms with Gasteiger partial charge in [-0.1, -0.05) is 99.6 Å². The zero-order chi connectivity index (χ0) is 27.6. The molecular weight excluding hydrogens is 494 g/mol. The highest BCUT2D eigenvalue weighted by Gasteiger charge is 2.50. The smallest absolute Gasteiger partial charge is 0.310 e. The zero-order valence-electron chi connectivity index (χ0n) is 22.9. The van der Waals surface area contributed by atoms with Crippen LogP contribution in [0.2, 0.25) is 5.04 Å². The molecule has 7 heteroatoms. The molecule has 0 heterocycles. The molecule has 0 aliphatic heterocycles. The first-order valence-corrected chi connectivity index (χ1v) is 15.2. The molecule has 0 saturated carbocycles. The summed E-state index contributed by atoms with van der Waals surface area (Å²) >= 11 is 0. The van der Waals surface area contributed by atoms with Crippen LogP contribution >= 0.6 is 0 Å². The van der Waals surface area contributed by atoms with Crippen molar-refractivity contribution in [3.63, 3.8) is 0 Å². The van der Waals surface area contributed by atoms with E-state index in [9.17, 15) is 14.9 Å². The van der Waals surface area contributed by atoms with Crippen LogP contribution in [0.5, 0.6) is 0 Å². The Kier molecular flexibility index (Phi) is 10.4. The lowest BCUT2D eigenvalue weighted by molar-refractivity contribution is -0.480. The monoisotopic (exact) mass is 533 g/mol. The second kappa shape index (κ2) is 13.5. The molecule has 3 aromatic carbocycles. The molecular formula is C31H39NO5Si. The lowest BCUT2D eigenvalue weighted by Crippen LogP contribution is -2.66. The molecule has 0 amide bonds. The number of nitro groups is 1. The number of unbranched alkanes of at least 4 members (excludes halogenated alkanes) is 1. The van der Waals surface area contributed by atoms with Crippen LogP contribution in [0.1, 0.15) is 57.2 Å². The predicted octanol–water partition coefficient (Wildman–Crippen LogP) is 5.47. The molecule has 3 rings (SSSR count). The van der Waals surface area contributed by atoms with Gasteiger partial charge < -0.3 is 9.16 Å². The normalized spacial score (nSPS) is 11.8. The fourth-order valence-corrected chi connectivity index (χ4v) is 9.55. The van der Waals surface area contributed by atoms with Gasteiger partial charge in [-0.15, -0.1) is 0 Å². The number of hydrogen-bond acceptors (Lipinski definition) is 5. The minimum atomic E-state index is -2.74. The van der Waals surface area contributed by atoms with Gasteiger partial charge in [-0.05, 0) is 51.9 Å². The molecule has 0 aromatic heterocycles. The highest BCUT2D eigenvalue weighted by molar-refractivity contribution is 6.99. The molecule has 202 valence electrons. The maximum atomic E-state index is 12.5. The molecule has 0 aliphatic carbocycles. The Morgan fingerprint density at radius 3 is 2.03 bits per heavy atom. The van der Waals surface area contributed by atoms with E-state index in [0.29, 0.717) is 19.6 Å². The lowest BCUT2D eigenvalue weighted by atomic mass is 9.99. The van der Waals surface area contributed by atoms with Crippen molar-refractivity contribution >= 4 is 24.7 Å². The molecule has 0 atom stereocenters. The number of ether oxygens (including phenoxy) is 1. The fraction of sp³-hybridized carbons (Fsp3) is 0.387. The maximum absolute atomic E-state index is 12.5. The summed E-state index contributed by atoms with van der Waals surface area (Å²) in [5.74, 6) is -0.273. The van der Waals surface area contributed by atoms with Crippen molar-refractivity contribution < 1.29 is 18.9 Å². The number of esters is 1. The molecule has 0 fully saturated rings. The first-order valence-electron chi connectivity index (χ1n) is 13.3. The highest BCUT2D eigenvalue weighted by atomic mass is 28.4. The van der Waals surface area contributed by atoms with Crippen molar-refractivity contribution in [2.45, 2.75) is 65.0 Å². The zero-order valence-corrected chi connectivity index (χ0v) is 23.9. The predicted molar refractivity (Wildman–Crippen MR) is 154 cm³/mol. The molecule has 0 spiro atoms. The standard InChI is InChI=1S/C31H39NO5Si/c1-5-36-30(33)23-27-22-25(14-12-13-21-32(34)35)19-20-26(27)24-37-38(31(2,3)4,28-15-8-6-9-16-28)29-17-10-7-11-18-29/h6-11,15-20,22H,5,12-14,21,23-24H2,1-4H3. The van der Waals surface area contributed by atoms with E-state index >= 15 is 0 Å². The van der Waals surface area contributed by atoms with Crippen molar-refractivity contribution in [2.24, 2.45) is 0 Å². The van der Waals surface area contributed by atoms with Crippen LogP contribution in [0.25, 0.3) is 0 Å². The van der Waals surface area contributed by atoms with Gasteiger partial charge in [0.2, 0.25) is 6.54 Å². The molecule has 0 N–H and O–H groups in total. The third-order valence-electron chi connectivity index (χ3n) is 6.83. The van der Waals surface area contributed by atoms with Crippen LogP contribution in [-0.2, 0) is 33.4 Å². The third-order valence-corrected chi connectivity index (χ3v) is 11.8. The fourth-order valence-electron chi connectivity index (χ4n) is 5.03. The van der Waals surface area contributed by atoms with Gasteiger partial charge in [-0.3, -0.25) is 14.9 Å². The van der Waals surface area contributed by atoms with E-state index in [1.165, 1.54) is 10.4 Å². The Hall–Kier alpha value is -3.29. The summed E-state index contributed by atoms with van der Waals surface area (Å²) in [5, 5.41) is 12.9. The van der Waals surface area contributed by atoms with E-state index in [-0.39, 0.29) is 28.9 Å². The van der Waals surface area contributed by atoms with E-state index < -0.39 is 8.32 Å². The first kappa shape index (κ1) is 29.3. The summed E-state index contributed by atoms with van der Waals surface area (Å²) in [7, 11) is -2.74. The SMILES string of the molecule is CCOC(=O)Cc1cc(CCCC[N+](=O)[O-])ccc1CO[Si](c1ccccc1)(c1ccccc1)C(C)(C)C. The van der Waals surface area contributed by atoms with Crippen LogP contribution in [0.4, 0.5) is 0 Å². The Bertz CT molecular complexity index is 1150. The average Bonchev–Trinajstić information content (AvgIpc) is 2.88. The molecule has 0 bridgehead atoms. The minimum Gasteiger partial charge on any atom is -0.466 e. The van der Waals surface area contributed by atoms with Crippen molar-refractivity contribution in [3.8, 4) is 0 Å². The second-order valence-electron chi connectivity index (χ2n) is 10.6. The second-order valence-corrected chi connectivity index (χ2v) is 14.9. The van der Waals surface area contributed by atoms with Crippen molar-refractivity contribution in [1.29, 1.82) is 0 Å². The van der Waals surface area contributed by atoms with Gasteiger partial charge >= 0.3 is 5.97 Å². The number of rotatable bonds is 13. The molecule has 3 aromatic rings. The number of aryl methyl sites for hydroxylation is 1. The molecule has 0 aliphatic rings. The number of benzene rings is 3. The number of carbonyl (C=O) groups is 1. The van der Waals surface area contributed by atoms with Crippen molar-refractivity contribution in [3.05, 3.63) is 106 Å². The Labute approximate surface area is 227 Å². The maximum Gasteiger partial charge on any atom is 0.310 e. The summed E-state index contributed by atoms with van der Waals surface area (Å²) in [6, 6.07) is 27.1. The van der Waals surface area contributed by atoms with Gasteiger partial charge in [0, 0.05) is 11.3 Å². The van der Waals surface area contributed by atoms with Gasteiger partial charge in [-0.2, -0.15) is 0 Å². The van der Waals surface area contributed by atoms with E-state index in [4.69, 9.17) is 9.16 Å². The van der Waals surface area contributed by atoms with Crippen LogP contribution in [-0.4, -0.2) is 32.4 Å². The largest absolute Gasteiger partial charge is 0.466 e. The summed E-state index contributed by atoms with van der Waals surface area (Å²) in [4.78, 5) is 22.9. The molecule has 38 heavy (non-hydrogen) atoms. The van der Waals surface area contributed by atoms with Gasteiger partial charge in [0.1, 0.15) is 0 Å². The molecule has 0 saturated heterocycles. The van der Waals surface area contributed by atoms with Crippen LogP contribution in [0.15, 0.2) is 78.9 Å². The van der Waals surface area contributed by atoms with E-state index in [0.717, 1.165) is 29.5 Å². The van der Waals surface area contributed by atoms with E-state index in [1.807, 2.05) is 30.3 Å². The Morgan fingerprint density at radius 2 is 1.50 bits per heavy atom. The number of nitrogens with zero attached hydrogens (tertiary/aromatic N) is 1. The van der Waals surface area contributed by atoms with E-state index in [1.54, 1.807) is 6.92 Å². The molecule has 0 radical (unpaired) electrons. The quantitative estimate of drug-likeness (QED) is 0.0957. The Balaban J connectivity index is 1.97. The first-order chi connectivity index (χ1) is 18.2. The lowest BCUT2D eigenvalue weighted by Gasteiger charge is -2.43. The summed E-state index contributed by atoms with van der Waals surface area (Å²) in [5.41, 5.74) is 2.90. The van der Waals surface area contributed by atoms with Gasteiger partial charge in [0.15, 0.2) is 0 Å². The minimum absolute atomic E-state index is 0.0277. The van der Waals surface area contributed by atoms with Gasteiger partial charge in [0.05, 0.1) is 19.6 Å². The summed E-state index contributed by atoms with van der Waals surface area (Å²) < 4.78 is 12.4. The van der Waals surface area contributed by atoms with Crippen LogP contribution < -0.4 is 10.4 Å². The third kappa shape index (κ3) is 7.39. The van der Waals surface area contributed by atoms with Crippen LogP contribution in [0.3, 0.4) is 0 Å². The topological polar surface area (TPSA) is 78.7 Å². The van der Waals surface area contributed by atoms with Gasteiger partial charge in [-0.25, -0.2) is 0 Å². The molecule has 6 nitrogen and oxygen atoms in total. The van der Waals surface area contributed by atoms with E-state index in [2.05, 4.69) is 69.3 Å². The van der Waals surface area contributed by atoms with Crippen LogP contribution in [0, 0.1) is 10.1 Å². The molecule has 0 unspecified atom stereocenters. The average molecular weight is 534 g/mol. The van der Waals surface area contributed by atoms with Crippen molar-refractivity contribution in [2.75, 3.05) is 13.2 Å². The summed E-state index contributed by atoms with van der Waals surface area (Å²) in [6.07, 6.45) is 2.13.